The minimum absolute atomic E-state index is 0.000935. The fourth-order valence-electron chi connectivity index (χ4n) is 5.11. The van der Waals surface area contributed by atoms with Crippen LogP contribution < -0.4 is 0 Å². The zero-order chi connectivity index (χ0) is 28.0. The van der Waals surface area contributed by atoms with Crippen molar-refractivity contribution in [2.75, 3.05) is 72.1 Å². The van der Waals surface area contributed by atoms with Crippen molar-refractivity contribution in [1.29, 1.82) is 0 Å². The summed E-state index contributed by atoms with van der Waals surface area (Å²) in [6, 6.07) is 0. The number of quaternary nitrogens is 2. The second-order valence-corrected chi connectivity index (χ2v) is 15.8. The Kier molecular flexibility index (Phi) is 15.9. The van der Waals surface area contributed by atoms with Crippen LogP contribution in [0, 0.1) is 11.8 Å². The number of likely N-dealkylation sites (N-methyl/N-ethyl adjacent to an activating group) is 1. The van der Waals surface area contributed by atoms with E-state index in [1.54, 1.807) is 0 Å². The van der Waals surface area contributed by atoms with Crippen molar-refractivity contribution in [1.82, 2.24) is 0 Å². The van der Waals surface area contributed by atoms with Crippen molar-refractivity contribution in [3.05, 3.63) is 0 Å². The minimum atomic E-state index is -4.10. The predicted octanol–water partition coefficient (Wildman–Crippen LogP) is 3.31. The molecule has 1 aliphatic heterocycles. The molecule has 0 radical (unpaired) electrons. The van der Waals surface area contributed by atoms with Crippen molar-refractivity contribution in [2.24, 2.45) is 11.8 Å². The molecular weight excluding hydrogens is 504 g/mol. The molecule has 1 heterocycles. The van der Waals surface area contributed by atoms with Crippen molar-refractivity contribution in [3.63, 3.8) is 0 Å². The van der Waals surface area contributed by atoms with Gasteiger partial charge in [-0.3, -0.25) is 4.55 Å². The van der Waals surface area contributed by atoms with Gasteiger partial charge >= 0.3 is 5.97 Å². The maximum absolute atomic E-state index is 11.7. The van der Waals surface area contributed by atoms with Crippen LogP contribution in [-0.4, -0.2) is 114 Å². The van der Waals surface area contributed by atoms with Crippen molar-refractivity contribution >= 4 is 25.9 Å². The smallest absolute Gasteiger partial charge is 0.359 e. The number of hydrogen-bond donors (Lipinski definition) is 2. The highest BCUT2D eigenvalue weighted by molar-refractivity contribution is 7.90. The first kappa shape index (κ1) is 35.2. The van der Waals surface area contributed by atoms with Gasteiger partial charge in [-0.2, -0.15) is 8.42 Å². The van der Waals surface area contributed by atoms with Gasteiger partial charge in [-0.25, -0.2) is 13.2 Å². The first-order valence-electron chi connectivity index (χ1n) is 13.3. The third-order valence-corrected chi connectivity index (χ3v) is 8.50. The van der Waals surface area contributed by atoms with Gasteiger partial charge in [0.25, 0.3) is 10.1 Å². The molecule has 1 aliphatic rings. The molecule has 216 valence electrons. The van der Waals surface area contributed by atoms with Crippen LogP contribution in [0.2, 0.25) is 0 Å². The van der Waals surface area contributed by atoms with Gasteiger partial charge in [0.15, 0.2) is 6.54 Å². The molecule has 11 heteroatoms. The largest absolute Gasteiger partial charge is 0.477 e. The number of carbonyl (C=O) groups is 1. The van der Waals surface area contributed by atoms with Gasteiger partial charge in [0.05, 0.1) is 59.3 Å². The topological polar surface area (TPSA) is 126 Å². The quantitative estimate of drug-likeness (QED) is 0.159. The normalized spacial score (nSPS) is 22.8. The fraction of sp³-hybridized carbons (Fsp3) is 0.960. The standard InChI is InChI=1S/C20H41NO5S2.C5H11NO2/c1-4-5-6-7-8-9-10-11-12-13-14-21(2)15-19(17-27(3,22)23)20(16-21)18-28(24,25)26;1-6(2,3)4-5(7)8/h19-20H,4-18H2,1-3H3;4H2,1-3H3/p+2. The van der Waals surface area contributed by atoms with E-state index >= 15 is 0 Å². The highest BCUT2D eigenvalue weighted by atomic mass is 32.2. The van der Waals surface area contributed by atoms with Gasteiger partial charge in [-0.05, 0) is 12.8 Å². The van der Waals surface area contributed by atoms with E-state index < -0.39 is 25.9 Å². The molecule has 0 spiro atoms. The summed E-state index contributed by atoms with van der Waals surface area (Å²) in [6.07, 6.45) is 13.9. The zero-order valence-corrected chi connectivity index (χ0v) is 25.2. The molecular formula is C25H54N2O7S2+2. The maximum Gasteiger partial charge on any atom is 0.359 e. The molecule has 0 amide bonds. The second kappa shape index (κ2) is 16.3. The number of hydrogen-bond acceptors (Lipinski definition) is 5. The lowest BCUT2D eigenvalue weighted by Crippen LogP contribution is -2.43. The number of sulfone groups is 1. The molecule has 0 aliphatic carbocycles. The molecule has 9 nitrogen and oxygen atoms in total. The summed E-state index contributed by atoms with van der Waals surface area (Å²) in [5.74, 6) is -1.58. The summed E-state index contributed by atoms with van der Waals surface area (Å²) in [7, 11) is 0.343. The number of unbranched alkanes of at least 4 members (excludes halogenated alkanes) is 9. The lowest BCUT2D eigenvalue weighted by molar-refractivity contribution is -0.900. The Labute approximate surface area is 221 Å². The average Bonchev–Trinajstić information content (AvgIpc) is 2.93. The van der Waals surface area contributed by atoms with Gasteiger partial charge in [0.2, 0.25) is 0 Å². The van der Waals surface area contributed by atoms with Crippen molar-refractivity contribution in [2.45, 2.75) is 71.1 Å². The number of nitrogens with zero attached hydrogens (tertiary/aromatic N) is 2. The number of rotatable bonds is 17. The van der Waals surface area contributed by atoms with Crippen molar-refractivity contribution in [3.8, 4) is 0 Å². The first-order valence-corrected chi connectivity index (χ1v) is 17.0. The summed E-state index contributed by atoms with van der Waals surface area (Å²) in [5.41, 5.74) is 0. The van der Waals surface area contributed by atoms with Crippen LogP contribution in [0.1, 0.15) is 71.1 Å². The van der Waals surface area contributed by atoms with Crippen LogP contribution in [0.25, 0.3) is 0 Å². The third kappa shape index (κ3) is 20.3. The number of aliphatic carboxylic acids is 1. The van der Waals surface area contributed by atoms with Crippen molar-refractivity contribution < 1.29 is 40.3 Å². The maximum atomic E-state index is 11.7. The highest BCUT2D eigenvalue weighted by Crippen LogP contribution is 2.31. The van der Waals surface area contributed by atoms with Crippen LogP contribution in [0.15, 0.2) is 0 Å². The molecule has 2 N–H and O–H groups in total. The average molecular weight is 559 g/mol. The Morgan fingerprint density at radius 3 is 1.58 bits per heavy atom. The van der Waals surface area contributed by atoms with E-state index in [4.69, 9.17) is 5.11 Å². The summed E-state index contributed by atoms with van der Waals surface area (Å²) in [6.45, 7) is 4.65. The Morgan fingerprint density at radius 1 is 0.833 bits per heavy atom. The monoisotopic (exact) mass is 558 g/mol. The summed E-state index contributed by atoms with van der Waals surface area (Å²) >= 11 is 0. The molecule has 1 fully saturated rings. The Morgan fingerprint density at radius 2 is 1.25 bits per heavy atom. The van der Waals surface area contributed by atoms with Crippen LogP contribution >= 0.6 is 0 Å². The molecule has 1 saturated heterocycles. The third-order valence-electron chi connectivity index (χ3n) is 6.62. The molecule has 0 aromatic carbocycles. The Balaban J connectivity index is 0.00000131. The summed E-state index contributed by atoms with van der Waals surface area (Å²) in [4.78, 5) is 10.00. The highest BCUT2D eigenvalue weighted by Gasteiger charge is 2.45. The molecule has 3 unspecified atom stereocenters. The van der Waals surface area contributed by atoms with E-state index in [0.29, 0.717) is 22.1 Å². The van der Waals surface area contributed by atoms with E-state index in [2.05, 4.69) is 14.0 Å². The zero-order valence-electron chi connectivity index (χ0n) is 23.6. The molecule has 0 saturated carbocycles. The second-order valence-electron chi connectivity index (χ2n) is 12.1. The van der Waals surface area contributed by atoms with E-state index in [9.17, 15) is 26.2 Å². The SMILES string of the molecule is CCCCCCCCCCCC[N+]1(C)CC(CS(C)(=O)=O)C(CS(=O)(=O)O)C1.C[N+](C)(C)CC(=O)O. The predicted molar refractivity (Wildman–Crippen MR) is 146 cm³/mol. The van der Waals surface area contributed by atoms with Gasteiger partial charge in [-0.15, -0.1) is 0 Å². The fourth-order valence-corrected chi connectivity index (χ4v) is 7.19. The molecule has 0 aromatic heterocycles. The number of likely N-dealkylation sites (tertiary alicyclic amines) is 1. The van der Waals surface area contributed by atoms with Gasteiger partial charge in [0.1, 0.15) is 9.84 Å². The van der Waals surface area contributed by atoms with Gasteiger partial charge in [0, 0.05) is 18.1 Å². The summed E-state index contributed by atoms with van der Waals surface area (Å²) < 4.78 is 56.6. The molecule has 1 rings (SSSR count). The van der Waals surface area contributed by atoms with Crippen LogP contribution in [0.4, 0.5) is 0 Å². The lowest BCUT2D eigenvalue weighted by atomic mass is 10.0. The summed E-state index contributed by atoms with van der Waals surface area (Å²) in [5, 5.41) is 8.23. The minimum Gasteiger partial charge on any atom is -0.477 e. The number of carboxylic acid groups (broad SMARTS) is 1. The molecule has 3 atom stereocenters. The van der Waals surface area contributed by atoms with E-state index in [1.807, 2.05) is 21.1 Å². The molecule has 0 aromatic rings. The Hall–Kier alpha value is -0.750. The first-order chi connectivity index (χ1) is 16.4. The van der Waals surface area contributed by atoms with E-state index in [0.717, 1.165) is 13.0 Å². The lowest BCUT2D eigenvalue weighted by Gasteiger charge is -2.30. The van der Waals surface area contributed by atoms with Crippen LogP contribution in [0.5, 0.6) is 0 Å². The molecule has 36 heavy (non-hydrogen) atoms. The number of carboxylic acids is 1. The molecule has 0 bridgehead atoms. The van der Waals surface area contributed by atoms with Gasteiger partial charge < -0.3 is 14.1 Å². The van der Waals surface area contributed by atoms with Crippen LogP contribution in [-0.2, 0) is 24.7 Å². The van der Waals surface area contributed by atoms with Crippen LogP contribution in [0.3, 0.4) is 0 Å². The van der Waals surface area contributed by atoms with E-state index in [1.165, 1.54) is 64.0 Å². The van der Waals surface area contributed by atoms with E-state index in [-0.39, 0.29) is 29.9 Å². The van der Waals surface area contributed by atoms with Gasteiger partial charge in [-0.1, -0.05) is 58.3 Å². The Bertz CT molecular complexity index is 795.